The van der Waals surface area contributed by atoms with Gasteiger partial charge in [0.25, 0.3) is 0 Å². The number of ether oxygens (including phenoxy) is 2. The van der Waals surface area contributed by atoms with E-state index in [1.807, 2.05) is 91.0 Å². The standard InChI is InChI=1S/C27H28O5/c1-2-31-26(30)19-24(28)18-25(29)20-32-27(21-12-6-3-7-13-21,22-14-8-4-9-15-22)23-16-10-5-11-17-23/h3-17,25,29H,2,18-20H2,1H3/t25-/m0/s1. The van der Waals surface area contributed by atoms with Crippen LogP contribution in [0.3, 0.4) is 0 Å². The summed E-state index contributed by atoms with van der Waals surface area (Å²) in [5.74, 6) is -0.970. The van der Waals surface area contributed by atoms with E-state index in [4.69, 9.17) is 9.47 Å². The van der Waals surface area contributed by atoms with Gasteiger partial charge in [-0.1, -0.05) is 91.0 Å². The van der Waals surface area contributed by atoms with Crippen LogP contribution in [0.1, 0.15) is 36.5 Å². The van der Waals surface area contributed by atoms with E-state index in [9.17, 15) is 14.7 Å². The highest BCUT2D eigenvalue weighted by Gasteiger charge is 2.38. The van der Waals surface area contributed by atoms with E-state index < -0.39 is 17.7 Å². The first-order chi connectivity index (χ1) is 15.6. The molecule has 5 nitrogen and oxygen atoms in total. The minimum Gasteiger partial charge on any atom is -0.466 e. The molecule has 166 valence electrons. The highest BCUT2D eigenvalue weighted by atomic mass is 16.5. The number of carbonyl (C=O) groups excluding carboxylic acids is 2. The molecule has 32 heavy (non-hydrogen) atoms. The maximum Gasteiger partial charge on any atom is 0.313 e. The molecular formula is C27H28O5. The zero-order valence-electron chi connectivity index (χ0n) is 18.1. The maximum absolute atomic E-state index is 12.2. The molecule has 0 heterocycles. The van der Waals surface area contributed by atoms with Crippen molar-refractivity contribution in [3.05, 3.63) is 108 Å². The lowest BCUT2D eigenvalue weighted by Crippen LogP contribution is -2.36. The lowest BCUT2D eigenvalue weighted by molar-refractivity contribution is -0.146. The van der Waals surface area contributed by atoms with Gasteiger partial charge in [-0.15, -0.1) is 0 Å². The number of ketones is 1. The van der Waals surface area contributed by atoms with Crippen molar-refractivity contribution >= 4 is 11.8 Å². The Hall–Kier alpha value is -3.28. The number of hydrogen-bond acceptors (Lipinski definition) is 5. The van der Waals surface area contributed by atoms with Crippen molar-refractivity contribution in [1.29, 1.82) is 0 Å². The number of Topliss-reactive ketones (excluding diaryl/α,β-unsaturated/α-hetero) is 1. The molecule has 3 aromatic carbocycles. The number of hydrogen-bond donors (Lipinski definition) is 1. The average molecular weight is 433 g/mol. The molecule has 0 saturated carbocycles. The van der Waals surface area contributed by atoms with E-state index in [1.165, 1.54) is 0 Å². The molecule has 0 fully saturated rings. The van der Waals surface area contributed by atoms with Crippen LogP contribution in [0.15, 0.2) is 91.0 Å². The molecule has 0 unspecified atom stereocenters. The third kappa shape index (κ3) is 5.69. The largest absolute Gasteiger partial charge is 0.466 e. The zero-order valence-corrected chi connectivity index (χ0v) is 18.1. The molecule has 0 aromatic heterocycles. The van der Waals surface area contributed by atoms with Gasteiger partial charge < -0.3 is 14.6 Å². The molecule has 0 saturated heterocycles. The van der Waals surface area contributed by atoms with Crippen LogP contribution >= 0.6 is 0 Å². The summed E-state index contributed by atoms with van der Waals surface area (Å²) < 4.78 is 11.3. The molecule has 5 heteroatoms. The Morgan fingerprint density at radius 3 is 1.66 bits per heavy atom. The highest BCUT2D eigenvalue weighted by Crippen LogP contribution is 2.40. The number of aliphatic hydroxyl groups excluding tert-OH is 1. The number of aliphatic hydroxyl groups is 1. The lowest BCUT2D eigenvalue weighted by atomic mass is 9.80. The normalized spacial score (nSPS) is 12.2. The van der Waals surface area contributed by atoms with Gasteiger partial charge in [0, 0.05) is 6.42 Å². The van der Waals surface area contributed by atoms with E-state index >= 15 is 0 Å². The van der Waals surface area contributed by atoms with Gasteiger partial charge in [0.05, 0.1) is 19.3 Å². The van der Waals surface area contributed by atoms with Crippen molar-refractivity contribution in [2.24, 2.45) is 0 Å². The van der Waals surface area contributed by atoms with Gasteiger partial charge in [-0.2, -0.15) is 0 Å². The fraction of sp³-hybridized carbons (Fsp3) is 0.259. The smallest absolute Gasteiger partial charge is 0.313 e. The predicted octanol–water partition coefficient (Wildman–Crippen LogP) is 4.27. The minimum absolute atomic E-state index is 0.0900. The summed E-state index contributed by atoms with van der Waals surface area (Å²) >= 11 is 0. The fourth-order valence-electron chi connectivity index (χ4n) is 3.76. The van der Waals surface area contributed by atoms with Gasteiger partial charge in [0.2, 0.25) is 0 Å². The number of esters is 1. The van der Waals surface area contributed by atoms with E-state index in [0.717, 1.165) is 16.7 Å². The monoisotopic (exact) mass is 432 g/mol. The van der Waals surface area contributed by atoms with Crippen LogP contribution in [0.2, 0.25) is 0 Å². The summed E-state index contributed by atoms with van der Waals surface area (Å²) in [4.78, 5) is 23.7. The Morgan fingerprint density at radius 2 is 1.25 bits per heavy atom. The molecule has 1 N–H and O–H groups in total. The van der Waals surface area contributed by atoms with Crippen molar-refractivity contribution in [1.82, 2.24) is 0 Å². The van der Waals surface area contributed by atoms with E-state index in [2.05, 4.69) is 0 Å². The van der Waals surface area contributed by atoms with Gasteiger partial charge >= 0.3 is 5.97 Å². The van der Waals surface area contributed by atoms with Crippen molar-refractivity contribution in [3.8, 4) is 0 Å². The minimum atomic E-state index is -1.06. The van der Waals surface area contributed by atoms with E-state index in [-0.39, 0.29) is 31.8 Å². The van der Waals surface area contributed by atoms with Gasteiger partial charge in [0.15, 0.2) is 0 Å². The van der Waals surface area contributed by atoms with Crippen molar-refractivity contribution < 1.29 is 24.2 Å². The zero-order chi connectivity index (χ0) is 22.8. The molecule has 3 rings (SSSR count). The first-order valence-corrected chi connectivity index (χ1v) is 10.7. The molecular weight excluding hydrogens is 404 g/mol. The summed E-state index contributed by atoms with van der Waals surface area (Å²) in [5.41, 5.74) is 1.74. The van der Waals surface area contributed by atoms with Crippen molar-refractivity contribution in [2.45, 2.75) is 31.5 Å². The first kappa shape index (κ1) is 23.4. The molecule has 1 atom stereocenters. The SMILES string of the molecule is CCOC(=O)CC(=O)C[C@H](O)COC(c1ccccc1)(c1ccccc1)c1ccccc1. The van der Waals surface area contributed by atoms with Crippen molar-refractivity contribution in [2.75, 3.05) is 13.2 Å². The Balaban J connectivity index is 1.90. The Morgan fingerprint density at radius 1 is 0.812 bits per heavy atom. The molecule has 0 amide bonds. The Kier molecular flexibility index (Phi) is 8.31. The molecule has 0 aliphatic carbocycles. The Bertz CT molecular complexity index is 890. The van der Waals surface area contributed by atoms with Crippen LogP contribution < -0.4 is 0 Å². The predicted molar refractivity (Wildman–Crippen MR) is 122 cm³/mol. The highest BCUT2D eigenvalue weighted by molar-refractivity contribution is 5.95. The molecule has 0 radical (unpaired) electrons. The second-order valence-corrected chi connectivity index (χ2v) is 7.47. The summed E-state index contributed by atoms with van der Waals surface area (Å²) in [6, 6.07) is 29.4. The van der Waals surface area contributed by atoms with Crippen LogP contribution in [0.25, 0.3) is 0 Å². The van der Waals surface area contributed by atoms with Crippen LogP contribution in [0, 0.1) is 0 Å². The van der Waals surface area contributed by atoms with Gasteiger partial charge in [0.1, 0.15) is 17.8 Å². The fourth-order valence-corrected chi connectivity index (χ4v) is 3.76. The lowest BCUT2D eigenvalue weighted by Gasteiger charge is -2.36. The molecule has 0 aliphatic heterocycles. The average Bonchev–Trinajstić information content (AvgIpc) is 2.81. The van der Waals surface area contributed by atoms with Crippen molar-refractivity contribution in [3.63, 3.8) is 0 Å². The third-order valence-electron chi connectivity index (χ3n) is 5.14. The number of benzene rings is 3. The van der Waals surface area contributed by atoms with Gasteiger partial charge in [-0.3, -0.25) is 9.59 Å². The summed E-state index contributed by atoms with van der Waals surface area (Å²) in [6.07, 6.45) is -1.60. The first-order valence-electron chi connectivity index (χ1n) is 10.7. The van der Waals surface area contributed by atoms with Gasteiger partial charge in [-0.05, 0) is 23.6 Å². The molecule has 0 bridgehead atoms. The van der Waals surface area contributed by atoms with Crippen LogP contribution in [-0.4, -0.2) is 36.2 Å². The number of carbonyl (C=O) groups is 2. The molecule has 0 spiro atoms. The van der Waals surface area contributed by atoms with Crippen LogP contribution in [0.4, 0.5) is 0 Å². The molecule has 0 aliphatic rings. The number of rotatable bonds is 11. The summed E-state index contributed by atoms with van der Waals surface area (Å²) in [6.45, 7) is 1.81. The second-order valence-electron chi connectivity index (χ2n) is 7.47. The maximum atomic E-state index is 12.2. The van der Waals surface area contributed by atoms with Gasteiger partial charge in [-0.25, -0.2) is 0 Å². The topological polar surface area (TPSA) is 72.8 Å². The third-order valence-corrected chi connectivity index (χ3v) is 5.14. The second kappa shape index (κ2) is 11.4. The van der Waals surface area contributed by atoms with Crippen LogP contribution in [-0.2, 0) is 24.7 Å². The molecule has 3 aromatic rings. The quantitative estimate of drug-likeness (QED) is 0.278. The summed E-state index contributed by atoms with van der Waals surface area (Å²) in [7, 11) is 0. The summed E-state index contributed by atoms with van der Waals surface area (Å²) in [5, 5.41) is 10.6. The van der Waals surface area contributed by atoms with E-state index in [1.54, 1.807) is 6.92 Å². The Labute approximate surface area is 188 Å². The van der Waals surface area contributed by atoms with E-state index in [0.29, 0.717) is 0 Å². The van der Waals surface area contributed by atoms with Crippen LogP contribution in [0.5, 0.6) is 0 Å².